The molecule has 2 heterocycles. The number of rotatable bonds is 5. The number of carbonyl (C=O) groups is 1. The van der Waals surface area contributed by atoms with E-state index in [0.29, 0.717) is 12.1 Å². The second-order valence-corrected chi connectivity index (χ2v) is 6.63. The Labute approximate surface area is 153 Å². The number of nitrogens with one attached hydrogen (secondary N) is 1. The van der Waals surface area contributed by atoms with Gasteiger partial charge >= 0.3 is 0 Å². The summed E-state index contributed by atoms with van der Waals surface area (Å²) in [4.78, 5) is 15.0. The minimum absolute atomic E-state index is 0.0263. The number of hydrogen-bond donors (Lipinski definition) is 1. The Morgan fingerprint density at radius 1 is 1.12 bits per heavy atom. The summed E-state index contributed by atoms with van der Waals surface area (Å²) in [5.74, 6) is 0.818. The van der Waals surface area contributed by atoms with E-state index in [0.717, 1.165) is 24.3 Å². The Kier molecular flexibility index (Phi) is 4.48. The van der Waals surface area contributed by atoms with Crippen LogP contribution in [0.1, 0.15) is 33.3 Å². The Morgan fingerprint density at radius 3 is 2.73 bits per heavy atom. The first-order valence-corrected chi connectivity index (χ1v) is 8.96. The van der Waals surface area contributed by atoms with Gasteiger partial charge in [-0.15, -0.1) is 0 Å². The summed E-state index contributed by atoms with van der Waals surface area (Å²) < 4.78 is 5.69. The van der Waals surface area contributed by atoms with Gasteiger partial charge in [0, 0.05) is 24.3 Å². The van der Waals surface area contributed by atoms with Gasteiger partial charge in [0.15, 0.2) is 0 Å². The molecule has 1 aliphatic heterocycles. The molecule has 0 radical (unpaired) electrons. The van der Waals surface area contributed by atoms with E-state index in [4.69, 9.17) is 4.42 Å². The number of furan rings is 1. The monoisotopic (exact) mass is 346 g/mol. The van der Waals surface area contributed by atoms with Crippen LogP contribution in [0, 0.1) is 6.92 Å². The van der Waals surface area contributed by atoms with E-state index in [1.165, 1.54) is 11.3 Å². The minimum Gasteiger partial charge on any atom is -0.467 e. The first-order valence-electron chi connectivity index (χ1n) is 8.96. The molecule has 0 spiro atoms. The van der Waals surface area contributed by atoms with Crippen molar-refractivity contribution in [1.29, 1.82) is 0 Å². The molecular weight excluding hydrogens is 324 g/mol. The van der Waals surface area contributed by atoms with Crippen LogP contribution < -0.4 is 10.2 Å². The normalized spacial score (nSPS) is 14.1. The lowest BCUT2D eigenvalue weighted by Crippen LogP contribution is -2.37. The van der Waals surface area contributed by atoms with Crippen molar-refractivity contribution >= 4 is 11.6 Å². The van der Waals surface area contributed by atoms with Gasteiger partial charge in [0.25, 0.3) is 5.91 Å². The van der Waals surface area contributed by atoms with Crippen LogP contribution in [0.4, 0.5) is 5.69 Å². The second-order valence-electron chi connectivity index (χ2n) is 6.63. The van der Waals surface area contributed by atoms with E-state index in [2.05, 4.69) is 34.5 Å². The lowest BCUT2D eigenvalue weighted by atomic mass is 10.1. The fourth-order valence-corrected chi connectivity index (χ4v) is 3.65. The molecule has 4 heteroatoms. The number of nitrogens with zero attached hydrogens (tertiary/aromatic N) is 1. The fourth-order valence-electron chi connectivity index (χ4n) is 3.65. The Balaban J connectivity index is 1.56. The maximum absolute atomic E-state index is 12.6. The summed E-state index contributed by atoms with van der Waals surface area (Å²) >= 11 is 0. The van der Waals surface area contributed by atoms with Gasteiger partial charge in [-0.1, -0.05) is 36.4 Å². The molecule has 4 rings (SSSR count). The standard InChI is InChI=1S/C22H22N2O2/c1-16-7-2-4-9-18(16)22(25)23-15-20(21-11-6-14-26-21)24-13-12-17-8-3-5-10-19(17)24/h2-11,14,20H,12-13,15H2,1H3,(H,23,25)/t20-/m0/s1. The van der Waals surface area contributed by atoms with E-state index >= 15 is 0 Å². The van der Waals surface area contributed by atoms with Crippen LogP contribution in [-0.4, -0.2) is 19.0 Å². The third-order valence-electron chi connectivity index (χ3n) is 5.02. The first-order chi connectivity index (χ1) is 12.7. The highest BCUT2D eigenvalue weighted by molar-refractivity contribution is 5.95. The fraction of sp³-hybridized carbons (Fsp3) is 0.227. The minimum atomic E-state index is -0.0489. The highest BCUT2D eigenvalue weighted by atomic mass is 16.3. The van der Waals surface area contributed by atoms with Gasteiger partial charge in [-0.3, -0.25) is 4.79 Å². The van der Waals surface area contributed by atoms with Crippen molar-refractivity contribution in [2.45, 2.75) is 19.4 Å². The number of aryl methyl sites for hydroxylation is 1. The zero-order valence-corrected chi connectivity index (χ0v) is 14.8. The van der Waals surface area contributed by atoms with E-state index in [9.17, 15) is 4.79 Å². The van der Waals surface area contributed by atoms with Crippen molar-refractivity contribution in [1.82, 2.24) is 5.32 Å². The predicted octanol–water partition coefficient (Wildman–Crippen LogP) is 4.12. The molecule has 3 aromatic rings. The SMILES string of the molecule is Cc1ccccc1C(=O)NC[C@@H](c1ccco1)N1CCc2ccccc21. The average Bonchev–Trinajstić information content (AvgIpc) is 3.33. The summed E-state index contributed by atoms with van der Waals surface area (Å²) in [6, 6.07) is 19.9. The largest absolute Gasteiger partial charge is 0.467 e. The van der Waals surface area contributed by atoms with Crippen LogP contribution in [0.5, 0.6) is 0 Å². The van der Waals surface area contributed by atoms with Crippen LogP contribution in [0.3, 0.4) is 0 Å². The Hall–Kier alpha value is -3.01. The van der Waals surface area contributed by atoms with Crippen LogP contribution in [0.2, 0.25) is 0 Å². The molecule has 4 nitrogen and oxygen atoms in total. The molecule has 0 unspecified atom stereocenters. The topological polar surface area (TPSA) is 45.5 Å². The van der Waals surface area contributed by atoms with E-state index in [-0.39, 0.29) is 11.9 Å². The highest BCUT2D eigenvalue weighted by Crippen LogP contribution is 2.35. The highest BCUT2D eigenvalue weighted by Gasteiger charge is 2.29. The zero-order valence-electron chi connectivity index (χ0n) is 14.8. The molecule has 0 fully saturated rings. The smallest absolute Gasteiger partial charge is 0.251 e. The van der Waals surface area contributed by atoms with Gasteiger partial charge in [-0.05, 0) is 48.7 Å². The lowest BCUT2D eigenvalue weighted by molar-refractivity contribution is 0.0949. The van der Waals surface area contributed by atoms with Crippen molar-refractivity contribution in [3.05, 3.63) is 89.4 Å². The third-order valence-corrected chi connectivity index (χ3v) is 5.02. The van der Waals surface area contributed by atoms with Gasteiger partial charge in [0.2, 0.25) is 0 Å². The van der Waals surface area contributed by atoms with Crippen LogP contribution in [0.15, 0.2) is 71.3 Å². The molecule has 0 saturated carbocycles. The van der Waals surface area contributed by atoms with Crippen LogP contribution in [-0.2, 0) is 6.42 Å². The first kappa shape index (κ1) is 16.5. The van der Waals surface area contributed by atoms with Crippen molar-refractivity contribution in [2.75, 3.05) is 18.0 Å². The van der Waals surface area contributed by atoms with Crippen molar-refractivity contribution in [3.63, 3.8) is 0 Å². The van der Waals surface area contributed by atoms with Crippen LogP contribution >= 0.6 is 0 Å². The predicted molar refractivity (Wildman–Crippen MR) is 102 cm³/mol. The molecule has 26 heavy (non-hydrogen) atoms. The van der Waals surface area contributed by atoms with E-state index < -0.39 is 0 Å². The molecule has 1 aromatic heterocycles. The summed E-state index contributed by atoms with van der Waals surface area (Å²) in [6.45, 7) is 3.37. The summed E-state index contributed by atoms with van der Waals surface area (Å²) in [6.07, 6.45) is 2.70. The van der Waals surface area contributed by atoms with Crippen molar-refractivity contribution in [2.24, 2.45) is 0 Å². The molecule has 2 aromatic carbocycles. The number of fused-ring (bicyclic) bond motifs is 1. The van der Waals surface area contributed by atoms with Gasteiger partial charge in [-0.25, -0.2) is 0 Å². The maximum Gasteiger partial charge on any atom is 0.251 e. The summed E-state index contributed by atoms with van der Waals surface area (Å²) in [5, 5.41) is 3.10. The molecule has 1 amide bonds. The second kappa shape index (κ2) is 7.08. The number of anilines is 1. The summed E-state index contributed by atoms with van der Waals surface area (Å²) in [5.41, 5.74) is 4.26. The molecule has 0 aliphatic carbocycles. The lowest BCUT2D eigenvalue weighted by Gasteiger charge is -2.29. The summed E-state index contributed by atoms with van der Waals surface area (Å²) in [7, 11) is 0. The molecule has 0 saturated heterocycles. The number of carbonyl (C=O) groups excluding carboxylic acids is 1. The molecular formula is C22H22N2O2. The van der Waals surface area contributed by atoms with Gasteiger partial charge in [-0.2, -0.15) is 0 Å². The number of hydrogen-bond acceptors (Lipinski definition) is 3. The number of amides is 1. The zero-order chi connectivity index (χ0) is 17.9. The number of benzene rings is 2. The molecule has 1 N–H and O–H groups in total. The Bertz CT molecular complexity index is 902. The quantitative estimate of drug-likeness (QED) is 0.756. The molecule has 0 bridgehead atoms. The third kappa shape index (κ3) is 3.10. The Morgan fingerprint density at radius 2 is 1.92 bits per heavy atom. The average molecular weight is 346 g/mol. The molecule has 1 aliphatic rings. The van der Waals surface area contributed by atoms with E-state index in [1.54, 1.807) is 6.26 Å². The maximum atomic E-state index is 12.6. The van der Waals surface area contributed by atoms with Crippen LogP contribution in [0.25, 0.3) is 0 Å². The van der Waals surface area contributed by atoms with Gasteiger partial charge < -0.3 is 14.6 Å². The number of para-hydroxylation sites is 1. The van der Waals surface area contributed by atoms with Crippen molar-refractivity contribution < 1.29 is 9.21 Å². The van der Waals surface area contributed by atoms with Gasteiger partial charge in [0.05, 0.1) is 6.26 Å². The molecule has 132 valence electrons. The van der Waals surface area contributed by atoms with E-state index in [1.807, 2.05) is 43.3 Å². The van der Waals surface area contributed by atoms with Crippen molar-refractivity contribution in [3.8, 4) is 0 Å². The molecule has 1 atom stereocenters. The van der Waals surface area contributed by atoms with Gasteiger partial charge in [0.1, 0.15) is 11.8 Å².